The Hall–Kier alpha value is -7.50. The van der Waals surface area contributed by atoms with Gasteiger partial charge in [0.15, 0.2) is 24.8 Å². The first-order valence-electron chi connectivity index (χ1n) is 19.5. The summed E-state index contributed by atoms with van der Waals surface area (Å²) in [6.07, 6.45) is 11.1. The Bertz CT molecular complexity index is 2820. The monoisotopic (exact) mass is 898 g/mol. The maximum absolute atomic E-state index is 12.7. The van der Waals surface area contributed by atoms with E-state index in [-0.39, 0.29) is 21.6 Å². The number of carbonyl (C=O) groups excluding carboxylic acids is 2. The number of nitrogens with one attached hydrogen (secondary N) is 4. The number of anilines is 6. The Morgan fingerprint density at radius 1 is 0.469 bits per heavy atom. The average molecular weight is 899 g/mol. The fourth-order valence-electron chi connectivity index (χ4n) is 5.49. The van der Waals surface area contributed by atoms with Gasteiger partial charge in [-0.25, -0.2) is 26.0 Å². The van der Waals surface area contributed by atoms with Crippen molar-refractivity contribution in [1.29, 1.82) is 0 Å². The number of aromatic nitrogens is 2. The molecule has 0 saturated carbocycles. The molecule has 328 valence electrons. The maximum Gasteiger partial charge on any atom is 0.255 e. The van der Waals surface area contributed by atoms with Crippen LogP contribution in [0.1, 0.15) is 27.0 Å². The summed E-state index contributed by atoms with van der Waals surface area (Å²) < 4.78 is 66.3. The summed E-state index contributed by atoms with van der Waals surface area (Å²) in [5.74, 6) is -0.453. The lowest BCUT2D eigenvalue weighted by Gasteiger charge is -2.09. The number of pyridine rings is 2. The smallest absolute Gasteiger partial charge is 0.255 e. The van der Waals surface area contributed by atoms with E-state index in [0.717, 1.165) is 39.4 Å². The van der Waals surface area contributed by atoms with Crippen LogP contribution in [0, 0.1) is 13.8 Å². The van der Waals surface area contributed by atoms with E-state index < -0.39 is 20.2 Å². The minimum Gasteiger partial charge on any atom is -0.744 e. The third kappa shape index (κ3) is 15.8. The van der Waals surface area contributed by atoms with Crippen LogP contribution in [0.2, 0.25) is 0 Å². The van der Waals surface area contributed by atoms with E-state index in [4.69, 9.17) is 0 Å². The van der Waals surface area contributed by atoms with Crippen molar-refractivity contribution in [3.8, 4) is 0 Å². The topological polar surface area (TPSA) is 204 Å². The van der Waals surface area contributed by atoms with Gasteiger partial charge in [0, 0.05) is 58.7 Å². The van der Waals surface area contributed by atoms with Crippen molar-refractivity contribution < 1.29 is 44.7 Å². The van der Waals surface area contributed by atoms with Gasteiger partial charge in [-0.2, -0.15) is 0 Å². The van der Waals surface area contributed by atoms with E-state index in [1.165, 1.54) is 30.3 Å². The number of hydrogen-bond donors (Lipinski definition) is 4. The predicted octanol–water partition coefficient (Wildman–Crippen LogP) is 7.53. The van der Waals surface area contributed by atoms with Crippen molar-refractivity contribution >= 4 is 72.3 Å². The van der Waals surface area contributed by atoms with Gasteiger partial charge in [0.05, 0.1) is 21.2 Å². The van der Waals surface area contributed by atoms with E-state index in [2.05, 4.69) is 21.3 Å². The highest BCUT2D eigenvalue weighted by atomic mass is 32.2. The first-order valence-corrected chi connectivity index (χ1v) is 22.3. The first kappa shape index (κ1) is 47.5. The van der Waals surface area contributed by atoms with Crippen molar-refractivity contribution in [1.82, 2.24) is 0 Å². The summed E-state index contributed by atoms with van der Waals surface area (Å²) in [5, 5.41) is 12.4. The number of nitrogens with zero attached hydrogens (tertiary/aromatic N) is 2. The Balaban J connectivity index is 0.000000284. The molecule has 2 amide bonds. The highest BCUT2D eigenvalue weighted by molar-refractivity contribution is 7.86. The van der Waals surface area contributed by atoms with Gasteiger partial charge in [-0.05, 0) is 110 Å². The molecule has 64 heavy (non-hydrogen) atoms. The maximum atomic E-state index is 12.7. The van der Waals surface area contributed by atoms with Crippen molar-refractivity contribution in [3.63, 3.8) is 0 Å². The molecule has 0 aliphatic heterocycles. The van der Waals surface area contributed by atoms with Crippen molar-refractivity contribution in [2.24, 2.45) is 14.1 Å². The van der Waals surface area contributed by atoms with Crippen molar-refractivity contribution in [2.45, 2.75) is 23.6 Å². The second-order valence-electron chi connectivity index (χ2n) is 14.3. The highest BCUT2D eigenvalue weighted by Crippen LogP contribution is 2.20. The van der Waals surface area contributed by atoms with Crippen LogP contribution in [0.15, 0.2) is 186 Å². The summed E-state index contributed by atoms with van der Waals surface area (Å²) in [6.45, 7) is 3.64. The summed E-state index contributed by atoms with van der Waals surface area (Å²) in [4.78, 5) is 24.8. The molecule has 0 radical (unpaired) electrons. The summed E-state index contributed by atoms with van der Waals surface area (Å²) in [5.41, 5.74) is 8.39. The zero-order chi connectivity index (χ0) is 46.3. The van der Waals surface area contributed by atoms with Gasteiger partial charge in [-0.3, -0.25) is 9.59 Å². The molecule has 2 aromatic heterocycles. The van der Waals surface area contributed by atoms with Crippen LogP contribution in [0.5, 0.6) is 0 Å². The zero-order valence-corrected chi connectivity index (χ0v) is 36.9. The van der Waals surface area contributed by atoms with Gasteiger partial charge in [0.1, 0.15) is 34.3 Å². The number of aryl methyl sites for hydroxylation is 4. The highest BCUT2D eigenvalue weighted by Gasteiger charge is 2.07. The molecule has 0 saturated heterocycles. The zero-order valence-electron chi connectivity index (χ0n) is 35.3. The van der Waals surface area contributed by atoms with Gasteiger partial charge in [0.25, 0.3) is 5.91 Å². The Morgan fingerprint density at radius 2 is 0.812 bits per heavy atom. The van der Waals surface area contributed by atoms with Crippen LogP contribution in [0.4, 0.5) is 34.1 Å². The van der Waals surface area contributed by atoms with E-state index in [1.807, 2.05) is 135 Å². The van der Waals surface area contributed by atoms with E-state index in [1.54, 1.807) is 54.6 Å². The molecule has 0 aliphatic carbocycles. The molecule has 7 rings (SSSR count). The van der Waals surface area contributed by atoms with Gasteiger partial charge in [0.2, 0.25) is 5.91 Å². The Labute approximate surface area is 373 Å². The van der Waals surface area contributed by atoms with Crippen LogP contribution < -0.4 is 30.4 Å². The SMILES string of the molecule is C[n+]1ccc(Nc2ccc(NC(=O)/C=C/c3ccc(C(=O)Nc4ccc(Nc5cc[n+](C)cc5)cc4)cc3)cc2)cc1.Cc1ccc(S(=O)(=O)[O-])cc1.Cc1ccc(S(=O)(=O)[O-])cc1. The lowest BCUT2D eigenvalue weighted by atomic mass is 10.1. The normalized spacial score (nSPS) is 11.0. The third-order valence-electron chi connectivity index (χ3n) is 9.05. The molecule has 14 nitrogen and oxygen atoms in total. The molecule has 0 unspecified atom stereocenters. The van der Waals surface area contributed by atoms with E-state index in [0.29, 0.717) is 16.9 Å². The summed E-state index contributed by atoms with van der Waals surface area (Å²) in [7, 11) is -4.60. The molecule has 4 N–H and O–H groups in total. The largest absolute Gasteiger partial charge is 0.744 e. The van der Waals surface area contributed by atoms with Gasteiger partial charge in [-0.1, -0.05) is 47.5 Å². The second kappa shape index (κ2) is 22.0. The fourth-order valence-corrected chi connectivity index (χ4v) is 6.43. The van der Waals surface area contributed by atoms with Crippen LogP contribution in [-0.2, 0) is 39.1 Å². The summed E-state index contributed by atoms with van der Waals surface area (Å²) >= 11 is 0. The second-order valence-corrected chi connectivity index (χ2v) is 17.1. The molecular weight excluding hydrogens is 853 g/mol. The van der Waals surface area contributed by atoms with Gasteiger partial charge < -0.3 is 30.4 Å². The van der Waals surface area contributed by atoms with Crippen molar-refractivity contribution in [2.75, 3.05) is 21.3 Å². The van der Waals surface area contributed by atoms with Gasteiger partial charge in [-0.15, -0.1) is 0 Å². The molecule has 5 aromatic carbocycles. The lowest BCUT2D eigenvalue weighted by molar-refractivity contribution is -0.671. The number of carbonyl (C=O) groups is 2. The molecule has 0 bridgehead atoms. The quantitative estimate of drug-likeness (QED) is 0.0571. The molecule has 0 atom stereocenters. The fraction of sp³-hybridized carbons (Fsp3) is 0.0833. The molecular formula is C48H46N6O8S2. The Morgan fingerprint density at radius 3 is 1.19 bits per heavy atom. The van der Waals surface area contributed by atoms with Crippen LogP contribution >= 0.6 is 0 Å². The van der Waals surface area contributed by atoms with Gasteiger partial charge >= 0.3 is 0 Å². The number of rotatable bonds is 11. The van der Waals surface area contributed by atoms with Crippen LogP contribution in [0.3, 0.4) is 0 Å². The first-order chi connectivity index (χ1) is 30.4. The molecule has 0 aliphatic rings. The predicted molar refractivity (Wildman–Crippen MR) is 245 cm³/mol. The lowest BCUT2D eigenvalue weighted by Crippen LogP contribution is -2.25. The molecule has 7 aromatic rings. The Kier molecular flexibility index (Phi) is 16.4. The molecule has 0 fully saturated rings. The average Bonchev–Trinajstić information content (AvgIpc) is 3.26. The molecule has 16 heteroatoms. The number of benzene rings is 5. The third-order valence-corrected chi connectivity index (χ3v) is 10.7. The minimum absolute atomic E-state index is 0.178. The van der Waals surface area contributed by atoms with Crippen LogP contribution in [-0.4, -0.2) is 37.8 Å². The number of amides is 2. The van der Waals surface area contributed by atoms with Crippen LogP contribution in [0.25, 0.3) is 6.08 Å². The van der Waals surface area contributed by atoms with E-state index >= 15 is 0 Å². The standard InChI is InChI=1S/C34H30N6O2.2C7H8O3S/c1-39-21-17-31(18-22-39)35-27-8-12-29(13-9-27)37-33(41)16-5-25-3-6-26(7-4-25)34(42)38-30-14-10-28(11-15-30)36-32-19-23-40(2)24-20-32;2*1-6-2-4-7(5-3-6)11(8,9)10/h3-24H,1-2H3,(H2,37,38,41,42);2*2-5H,1H3,(H,8,9,10)/b16-5+;;. The molecule has 0 spiro atoms. The summed E-state index contributed by atoms with van der Waals surface area (Å²) in [6, 6.07) is 41.6. The number of hydrogen-bond acceptors (Lipinski definition) is 10. The van der Waals surface area contributed by atoms with Crippen molar-refractivity contribution in [3.05, 3.63) is 199 Å². The van der Waals surface area contributed by atoms with E-state index in [9.17, 15) is 35.5 Å². The minimum atomic E-state index is -4.27. The molecule has 2 heterocycles.